The lowest BCUT2D eigenvalue weighted by Crippen LogP contribution is -2.24. The van der Waals surface area contributed by atoms with E-state index in [1.807, 2.05) is 0 Å². The normalized spacial score (nSPS) is 11.3. The van der Waals surface area contributed by atoms with Crippen molar-refractivity contribution in [1.29, 1.82) is 0 Å². The van der Waals surface area contributed by atoms with Crippen LogP contribution in [0.3, 0.4) is 0 Å². The molecule has 2 N–H and O–H groups in total. The van der Waals surface area contributed by atoms with Gasteiger partial charge in [0.25, 0.3) is 0 Å². The maximum Gasteiger partial charge on any atom is 0.316 e. The molecule has 0 unspecified atom stereocenters. The maximum absolute atomic E-state index is 13.0. The van der Waals surface area contributed by atoms with Gasteiger partial charge in [0.15, 0.2) is 0 Å². The number of ether oxygens (including phenoxy) is 1. The first-order valence-corrected chi connectivity index (χ1v) is 6.15. The standard InChI is InChI=1S/C12H16FNO2S/c1-12(2,3)16-11(15)7-17-10-5-8(13)4-9(14)6-10/h4-6H,7,14H2,1-3H3. The highest BCUT2D eigenvalue weighted by Gasteiger charge is 2.16. The van der Waals surface area contributed by atoms with Crippen LogP contribution in [0.5, 0.6) is 0 Å². The van der Waals surface area contributed by atoms with Crippen molar-refractivity contribution >= 4 is 23.4 Å². The molecule has 0 amide bonds. The van der Waals surface area contributed by atoms with Gasteiger partial charge < -0.3 is 10.5 Å². The van der Waals surface area contributed by atoms with Gasteiger partial charge in [-0.2, -0.15) is 0 Å². The van der Waals surface area contributed by atoms with Gasteiger partial charge in [-0.1, -0.05) is 0 Å². The topological polar surface area (TPSA) is 52.3 Å². The molecule has 94 valence electrons. The lowest BCUT2D eigenvalue weighted by molar-refractivity contribution is -0.151. The minimum Gasteiger partial charge on any atom is -0.459 e. The number of esters is 1. The lowest BCUT2D eigenvalue weighted by Gasteiger charge is -2.19. The molecule has 0 atom stereocenters. The predicted molar refractivity (Wildman–Crippen MR) is 67.4 cm³/mol. The van der Waals surface area contributed by atoms with E-state index >= 15 is 0 Å². The molecule has 3 nitrogen and oxygen atoms in total. The van der Waals surface area contributed by atoms with E-state index in [1.54, 1.807) is 26.8 Å². The number of carbonyl (C=O) groups is 1. The monoisotopic (exact) mass is 257 g/mol. The van der Waals surface area contributed by atoms with Gasteiger partial charge in [0.05, 0.1) is 5.75 Å². The van der Waals surface area contributed by atoms with Gasteiger partial charge in [0.2, 0.25) is 0 Å². The van der Waals surface area contributed by atoms with Crippen LogP contribution >= 0.6 is 11.8 Å². The quantitative estimate of drug-likeness (QED) is 0.514. The number of anilines is 1. The number of halogens is 1. The van der Waals surface area contributed by atoms with Crippen molar-refractivity contribution in [1.82, 2.24) is 0 Å². The molecule has 0 aliphatic heterocycles. The summed E-state index contributed by atoms with van der Waals surface area (Å²) in [5, 5.41) is 0. The van der Waals surface area contributed by atoms with Crippen LogP contribution in [-0.2, 0) is 9.53 Å². The van der Waals surface area contributed by atoms with Crippen molar-refractivity contribution in [3.8, 4) is 0 Å². The molecule has 0 saturated carbocycles. The Hall–Kier alpha value is -1.23. The second-order valence-electron chi connectivity index (χ2n) is 4.60. The predicted octanol–water partition coefficient (Wildman–Crippen LogP) is 2.84. The van der Waals surface area contributed by atoms with Crippen molar-refractivity contribution in [2.75, 3.05) is 11.5 Å². The van der Waals surface area contributed by atoms with E-state index < -0.39 is 11.4 Å². The molecule has 0 aliphatic rings. The van der Waals surface area contributed by atoms with E-state index in [-0.39, 0.29) is 11.7 Å². The summed E-state index contributed by atoms with van der Waals surface area (Å²) in [5.74, 6) is -0.595. The number of hydrogen-bond donors (Lipinski definition) is 1. The smallest absolute Gasteiger partial charge is 0.316 e. The van der Waals surface area contributed by atoms with E-state index in [0.717, 1.165) is 0 Å². The number of hydrogen-bond acceptors (Lipinski definition) is 4. The summed E-state index contributed by atoms with van der Waals surface area (Å²) in [4.78, 5) is 12.1. The van der Waals surface area contributed by atoms with Gasteiger partial charge in [0, 0.05) is 10.6 Å². The first-order chi connectivity index (χ1) is 7.76. The van der Waals surface area contributed by atoms with Crippen molar-refractivity contribution in [2.45, 2.75) is 31.3 Å². The van der Waals surface area contributed by atoms with Crippen LogP contribution in [0.25, 0.3) is 0 Å². The summed E-state index contributed by atoms with van der Waals surface area (Å²) >= 11 is 1.20. The van der Waals surface area contributed by atoms with Gasteiger partial charge in [-0.05, 0) is 39.0 Å². The average molecular weight is 257 g/mol. The zero-order valence-electron chi connectivity index (χ0n) is 10.1. The third-order valence-corrected chi connectivity index (χ3v) is 2.62. The first-order valence-electron chi connectivity index (χ1n) is 5.17. The summed E-state index contributed by atoms with van der Waals surface area (Å²) in [6, 6.07) is 4.20. The molecule has 0 aliphatic carbocycles. The molecule has 1 aromatic rings. The van der Waals surface area contributed by atoms with Gasteiger partial charge in [-0.3, -0.25) is 4.79 Å². The van der Waals surface area contributed by atoms with Crippen LogP contribution < -0.4 is 5.73 Å². The van der Waals surface area contributed by atoms with Crippen LogP contribution in [0.1, 0.15) is 20.8 Å². The Morgan fingerprint density at radius 1 is 1.41 bits per heavy atom. The fourth-order valence-electron chi connectivity index (χ4n) is 1.18. The summed E-state index contributed by atoms with van der Waals surface area (Å²) < 4.78 is 18.1. The second kappa shape index (κ2) is 5.40. The van der Waals surface area contributed by atoms with E-state index in [4.69, 9.17) is 10.5 Å². The van der Waals surface area contributed by atoms with Crippen LogP contribution in [0.2, 0.25) is 0 Å². The van der Waals surface area contributed by atoms with Gasteiger partial charge in [-0.15, -0.1) is 11.8 Å². The van der Waals surface area contributed by atoms with Crippen molar-refractivity contribution in [3.05, 3.63) is 24.0 Å². The van der Waals surface area contributed by atoms with E-state index in [2.05, 4.69) is 0 Å². The lowest BCUT2D eigenvalue weighted by atomic mass is 10.2. The highest BCUT2D eigenvalue weighted by molar-refractivity contribution is 8.00. The number of nitrogen functional groups attached to an aromatic ring is 1. The molecule has 1 aromatic carbocycles. The Morgan fingerprint density at radius 2 is 2.06 bits per heavy atom. The Balaban J connectivity index is 2.53. The third kappa shape index (κ3) is 5.58. The largest absolute Gasteiger partial charge is 0.459 e. The average Bonchev–Trinajstić information content (AvgIpc) is 2.10. The Kier molecular flexibility index (Phi) is 4.40. The van der Waals surface area contributed by atoms with Crippen LogP contribution in [0.15, 0.2) is 23.1 Å². The molecule has 0 aromatic heterocycles. The molecule has 5 heteroatoms. The summed E-state index contributed by atoms with van der Waals surface area (Å²) in [6.07, 6.45) is 0. The summed E-state index contributed by atoms with van der Waals surface area (Å²) in [7, 11) is 0. The minimum atomic E-state index is -0.501. The number of thioether (sulfide) groups is 1. The molecule has 0 heterocycles. The summed E-state index contributed by atoms with van der Waals surface area (Å²) in [5.41, 5.74) is 5.34. The first kappa shape index (κ1) is 13.8. The van der Waals surface area contributed by atoms with Gasteiger partial charge in [0.1, 0.15) is 11.4 Å². The number of carbonyl (C=O) groups excluding carboxylic acids is 1. The zero-order valence-corrected chi connectivity index (χ0v) is 10.9. The van der Waals surface area contributed by atoms with Crippen molar-refractivity contribution < 1.29 is 13.9 Å². The molecule has 17 heavy (non-hydrogen) atoms. The fourth-order valence-corrected chi connectivity index (χ4v) is 1.94. The van der Waals surface area contributed by atoms with Crippen LogP contribution in [0, 0.1) is 5.82 Å². The molecular weight excluding hydrogens is 241 g/mol. The fraction of sp³-hybridized carbons (Fsp3) is 0.417. The zero-order chi connectivity index (χ0) is 13.1. The van der Waals surface area contributed by atoms with E-state index in [1.165, 1.54) is 23.9 Å². The number of nitrogens with two attached hydrogens (primary N) is 1. The Labute approximate surface area is 105 Å². The SMILES string of the molecule is CC(C)(C)OC(=O)CSc1cc(N)cc(F)c1. The minimum absolute atomic E-state index is 0.139. The Bertz CT molecular complexity index is 395. The van der Waals surface area contributed by atoms with Crippen molar-refractivity contribution in [3.63, 3.8) is 0 Å². The van der Waals surface area contributed by atoms with Crippen molar-refractivity contribution in [2.24, 2.45) is 0 Å². The van der Waals surface area contributed by atoms with Crippen LogP contribution in [-0.4, -0.2) is 17.3 Å². The van der Waals surface area contributed by atoms with E-state index in [9.17, 15) is 9.18 Å². The molecular formula is C12H16FNO2S. The molecule has 0 bridgehead atoms. The molecule has 0 spiro atoms. The maximum atomic E-state index is 13.0. The third-order valence-electron chi connectivity index (χ3n) is 1.67. The van der Waals surface area contributed by atoms with Gasteiger partial charge in [-0.25, -0.2) is 4.39 Å². The highest BCUT2D eigenvalue weighted by atomic mass is 32.2. The molecule has 0 fully saturated rings. The number of benzene rings is 1. The Morgan fingerprint density at radius 3 is 2.59 bits per heavy atom. The highest BCUT2D eigenvalue weighted by Crippen LogP contribution is 2.22. The second-order valence-corrected chi connectivity index (χ2v) is 5.64. The van der Waals surface area contributed by atoms with E-state index in [0.29, 0.717) is 10.6 Å². The molecule has 1 rings (SSSR count). The molecule has 0 saturated heterocycles. The molecule has 0 radical (unpaired) electrons. The van der Waals surface area contributed by atoms with Gasteiger partial charge >= 0.3 is 5.97 Å². The number of rotatable bonds is 3. The summed E-state index contributed by atoms with van der Waals surface area (Å²) in [6.45, 7) is 5.40. The van der Waals surface area contributed by atoms with Crippen LogP contribution in [0.4, 0.5) is 10.1 Å².